The summed E-state index contributed by atoms with van der Waals surface area (Å²) in [7, 11) is 1.57. The van der Waals surface area contributed by atoms with E-state index in [0.29, 0.717) is 17.4 Å². The number of phosphoric ester groups is 1. The Morgan fingerprint density at radius 1 is 0.452 bits per heavy atom. The summed E-state index contributed by atoms with van der Waals surface area (Å²) in [5, 5.41) is 14.0. The van der Waals surface area contributed by atoms with E-state index in [9.17, 15) is 19.4 Å². The van der Waals surface area contributed by atoms with Gasteiger partial charge in [-0.15, -0.1) is 0 Å². The van der Waals surface area contributed by atoms with Crippen molar-refractivity contribution in [3.63, 3.8) is 0 Å². The SMILES string of the molecule is CCCCCCCCCC/C=C\CCCCCCCCCCCCCCCC(=O)NC(COP(=O)(O)OCC[N+](C)(C)C)C(O)/C=C/CC/C=C/CCCCCCCCCCCCCCCCCCCCCC. The lowest BCUT2D eigenvalue weighted by Gasteiger charge is -2.25. The molecule has 0 aromatic carbocycles. The lowest BCUT2D eigenvalue weighted by Crippen LogP contribution is -2.45. The van der Waals surface area contributed by atoms with Crippen molar-refractivity contribution >= 4 is 13.7 Å². The van der Waals surface area contributed by atoms with E-state index in [1.165, 1.54) is 257 Å². The van der Waals surface area contributed by atoms with Crippen molar-refractivity contribution in [2.24, 2.45) is 0 Å². The van der Waals surface area contributed by atoms with Crippen LogP contribution in [-0.4, -0.2) is 73.4 Å². The number of hydrogen-bond donors (Lipinski definition) is 3. The van der Waals surface area contributed by atoms with Crippen LogP contribution in [0, 0.1) is 0 Å². The molecule has 9 heteroatoms. The standard InChI is InChI=1S/C64H125N2O6P/c1-6-8-10-12-14-16-18-20-22-24-26-28-30-32-34-35-37-39-41-43-45-47-49-51-53-55-57-63(67)62(61-72-73(69,70)71-60-59-66(3,4)5)65-64(68)58-56-54-52-50-48-46-44-42-40-38-36-33-31-29-27-25-23-21-19-17-15-13-11-9-7-2/h25,27,47,49,55,57,62-63,67H,6-24,26,28-46,48,50-54,56,58-61H2,1-5H3,(H-,65,68,69,70)/p+1/b27-25-,49-47+,57-55+. The fourth-order valence-electron chi connectivity index (χ4n) is 9.59. The van der Waals surface area contributed by atoms with Gasteiger partial charge in [-0.25, -0.2) is 4.57 Å². The quantitative estimate of drug-likeness (QED) is 0.0243. The third kappa shape index (κ3) is 58.2. The number of carbonyl (C=O) groups excluding carboxylic acids is 1. The Morgan fingerprint density at radius 3 is 1.10 bits per heavy atom. The maximum atomic E-state index is 13.0. The Bertz CT molecular complexity index is 1280. The topological polar surface area (TPSA) is 105 Å². The molecule has 3 unspecified atom stereocenters. The van der Waals surface area contributed by atoms with Crippen LogP contribution in [0.25, 0.3) is 0 Å². The number of carbonyl (C=O) groups is 1. The third-order valence-corrected chi connectivity index (χ3v) is 15.6. The molecule has 0 aromatic rings. The highest BCUT2D eigenvalue weighted by Gasteiger charge is 2.27. The number of nitrogens with zero attached hydrogens (tertiary/aromatic N) is 1. The van der Waals surface area contributed by atoms with E-state index in [-0.39, 0.29) is 19.1 Å². The lowest BCUT2D eigenvalue weighted by molar-refractivity contribution is -0.870. The summed E-state index contributed by atoms with van der Waals surface area (Å²) in [6.07, 6.45) is 72.7. The first-order valence-corrected chi connectivity index (χ1v) is 33.4. The fraction of sp³-hybridized carbons (Fsp3) is 0.891. The van der Waals surface area contributed by atoms with Crippen LogP contribution in [0.15, 0.2) is 36.5 Å². The number of rotatable bonds is 59. The van der Waals surface area contributed by atoms with E-state index in [0.717, 1.165) is 38.5 Å². The predicted molar refractivity (Wildman–Crippen MR) is 318 cm³/mol. The highest BCUT2D eigenvalue weighted by molar-refractivity contribution is 7.47. The minimum Gasteiger partial charge on any atom is -0.387 e. The average molecular weight is 1050 g/mol. The summed E-state index contributed by atoms with van der Waals surface area (Å²) < 4.78 is 23.8. The van der Waals surface area contributed by atoms with Crippen LogP contribution >= 0.6 is 7.82 Å². The zero-order valence-corrected chi connectivity index (χ0v) is 50.3. The van der Waals surface area contributed by atoms with Crippen molar-refractivity contribution in [3.05, 3.63) is 36.5 Å². The molecule has 0 heterocycles. The number of likely N-dealkylation sites (N-methyl/N-ethyl adjacent to an activating group) is 1. The first-order valence-electron chi connectivity index (χ1n) is 31.9. The molecule has 0 rings (SSSR count). The Morgan fingerprint density at radius 2 is 0.753 bits per heavy atom. The van der Waals surface area contributed by atoms with E-state index >= 15 is 0 Å². The molecule has 0 aliphatic rings. The summed E-state index contributed by atoms with van der Waals surface area (Å²) in [6.45, 7) is 4.84. The van der Waals surface area contributed by atoms with Crippen molar-refractivity contribution in [2.45, 2.75) is 328 Å². The van der Waals surface area contributed by atoms with Crippen LogP contribution in [0.2, 0.25) is 0 Å². The Hall–Kier alpha value is -1.28. The summed E-state index contributed by atoms with van der Waals surface area (Å²) >= 11 is 0. The molecule has 73 heavy (non-hydrogen) atoms. The zero-order chi connectivity index (χ0) is 53.5. The van der Waals surface area contributed by atoms with Crippen molar-refractivity contribution in [1.29, 1.82) is 0 Å². The molecule has 432 valence electrons. The number of unbranched alkanes of at least 4 members (excludes halogenated alkanes) is 42. The zero-order valence-electron chi connectivity index (χ0n) is 49.4. The summed E-state index contributed by atoms with van der Waals surface area (Å²) in [4.78, 5) is 23.4. The highest BCUT2D eigenvalue weighted by atomic mass is 31.2. The van der Waals surface area contributed by atoms with Crippen LogP contribution < -0.4 is 5.32 Å². The molecule has 8 nitrogen and oxygen atoms in total. The number of phosphoric acid groups is 1. The molecule has 0 aliphatic carbocycles. The van der Waals surface area contributed by atoms with Gasteiger partial charge >= 0.3 is 7.82 Å². The maximum Gasteiger partial charge on any atom is 0.472 e. The van der Waals surface area contributed by atoms with Gasteiger partial charge in [0.05, 0.1) is 39.9 Å². The lowest BCUT2D eigenvalue weighted by atomic mass is 10.0. The number of amides is 1. The number of aliphatic hydroxyl groups is 1. The van der Waals surface area contributed by atoms with Gasteiger partial charge < -0.3 is 19.8 Å². The predicted octanol–water partition coefficient (Wildman–Crippen LogP) is 19.7. The molecule has 0 saturated heterocycles. The van der Waals surface area contributed by atoms with E-state index in [4.69, 9.17) is 9.05 Å². The van der Waals surface area contributed by atoms with Crippen LogP contribution in [0.5, 0.6) is 0 Å². The van der Waals surface area contributed by atoms with Gasteiger partial charge in [-0.05, 0) is 57.8 Å². The molecule has 1 amide bonds. The van der Waals surface area contributed by atoms with Gasteiger partial charge in [0.1, 0.15) is 13.2 Å². The molecule has 0 fully saturated rings. The van der Waals surface area contributed by atoms with Gasteiger partial charge in [0.15, 0.2) is 0 Å². The number of nitrogens with one attached hydrogen (secondary N) is 1. The number of aliphatic hydroxyl groups excluding tert-OH is 1. The molecule has 3 atom stereocenters. The maximum absolute atomic E-state index is 13.0. The third-order valence-electron chi connectivity index (χ3n) is 14.6. The van der Waals surface area contributed by atoms with Gasteiger partial charge in [0.25, 0.3) is 0 Å². The van der Waals surface area contributed by atoms with Crippen molar-refractivity contribution in [2.75, 3.05) is 40.9 Å². The van der Waals surface area contributed by atoms with Crippen LogP contribution in [0.4, 0.5) is 0 Å². The molecular weight excluding hydrogens is 924 g/mol. The number of hydrogen-bond acceptors (Lipinski definition) is 5. The summed E-state index contributed by atoms with van der Waals surface area (Å²) in [6, 6.07) is -0.864. The van der Waals surface area contributed by atoms with E-state index in [1.54, 1.807) is 6.08 Å². The molecule has 0 saturated carbocycles. The Balaban J connectivity index is 4.17. The Kier molecular flexibility index (Phi) is 54.5. The number of quaternary nitrogens is 1. The first kappa shape index (κ1) is 71.7. The van der Waals surface area contributed by atoms with Crippen LogP contribution in [0.1, 0.15) is 316 Å². The average Bonchev–Trinajstić information content (AvgIpc) is 3.35. The van der Waals surface area contributed by atoms with E-state index < -0.39 is 20.0 Å². The Labute approximate surface area is 455 Å². The van der Waals surface area contributed by atoms with Crippen molar-refractivity contribution in [1.82, 2.24) is 5.32 Å². The van der Waals surface area contributed by atoms with E-state index in [2.05, 4.69) is 43.5 Å². The molecule has 0 radical (unpaired) electrons. The van der Waals surface area contributed by atoms with Crippen molar-refractivity contribution < 1.29 is 32.9 Å². The van der Waals surface area contributed by atoms with Gasteiger partial charge in [0.2, 0.25) is 5.91 Å². The van der Waals surface area contributed by atoms with Gasteiger partial charge in [0, 0.05) is 6.42 Å². The minimum absolute atomic E-state index is 0.0573. The van der Waals surface area contributed by atoms with E-state index in [1.807, 2.05) is 27.2 Å². The van der Waals surface area contributed by atoms with Crippen molar-refractivity contribution in [3.8, 4) is 0 Å². The molecule has 0 aromatic heterocycles. The largest absolute Gasteiger partial charge is 0.472 e. The molecule has 0 bridgehead atoms. The first-order chi connectivity index (χ1) is 35.5. The molecule has 3 N–H and O–H groups in total. The molecular formula is C64H126N2O6P+. The van der Waals surface area contributed by atoms with Crippen LogP contribution in [-0.2, 0) is 18.4 Å². The monoisotopic (exact) mass is 1050 g/mol. The van der Waals surface area contributed by atoms with Gasteiger partial charge in [-0.3, -0.25) is 13.8 Å². The van der Waals surface area contributed by atoms with Gasteiger partial charge in [-0.2, -0.15) is 0 Å². The second kappa shape index (κ2) is 55.5. The summed E-state index contributed by atoms with van der Waals surface area (Å²) in [5.74, 6) is -0.182. The second-order valence-electron chi connectivity index (χ2n) is 23.1. The highest BCUT2D eigenvalue weighted by Crippen LogP contribution is 2.43. The molecule has 0 aliphatic heterocycles. The van der Waals surface area contributed by atoms with Crippen LogP contribution in [0.3, 0.4) is 0 Å². The minimum atomic E-state index is -4.36. The molecule has 0 spiro atoms. The normalized spacial score (nSPS) is 14.0. The fourth-order valence-corrected chi connectivity index (χ4v) is 10.3. The van der Waals surface area contributed by atoms with Gasteiger partial charge in [-0.1, -0.05) is 288 Å². The summed E-state index contributed by atoms with van der Waals surface area (Å²) in [5.41, 5.74) is 0. The second-order valence-corrected chi connectivity index (χ2v) is 24.6. The number of allylic oxidation sites excluding steroid dienone is 5. The smallest absolute Gasteiger partial charge is 0.387 e.